The van der Waals surface area contributed by atoms with Crippen molar-refractivity contribution in [2.75, 3.05) is 6.54 Å². The lowest BCUT2D eigenvalue weighted by Gasteiger charge is -2.18. The molecule has 0 radical (unpaired) electrons. The van der Waals surface area contributed by atoms with Gasteiger partial charge in [-0.05, 0) is 24.5 Å². The second-order valence-corrected chi connectivity index (χ2v) is 6.34. The summed E-state index contributed by atoms with van der Waals surface area (Å²) in [7, 11) is 0. The summed E-state index contributed by atoms with van der Waals surface area (Å²) in [5.41, 5.74) is 3.72. The first-order valence-corrected chi connectivity index (χ1v) is 9.04. The van der Waals surface area contributed by atoms with E-state index in [0.29, 0.717) is 30.0 Å². The van der Waals surface area contributed by atoms with Gasteiger partial charge in [0.15, 0.2) is 0 Å². The number of hydrogen-bond donors (Lipinski definition) is 1. The van der Waals surface area contributed by atoms with Gasteiger partial charge in [-0.3, -0.25) is 4.79 Å². The van der Waals surface area contributed by atoms with Gasteiger partial charge in [-0.2, -0.15) is 0 Å². The zero-order valence-corrected chi connectivity index (χ0v) is 15.2. The molecule has 134 valence electrons. The average molecular weight is 348 g/mol. The first kappa shape index (κ1) is 17.9. The topological polar surface area (TPSA) is 55.1 Å². The Morgan fingerprint density at radius 2 is 1.62 bits per heavy atom. The summed E-state index contributed by atoms with van der Waals surface area (Å²) in [5, 5.41) is 6.94. The van der Waals surface area contributed by atoms with Gasteiger partial charge in [0, 0.05) is 18.9 Å². The largest absolute Gasteiger partial charge is 0.360 e. The summed E-state index contributed by atoms with van der Waals surface area (Å²) in [6.07, 6.45) is 1.48. The molecule has 2 aromatic carbocycles. The molecule has 26 heavy (non-hydrogen) atoms. The van der Waals surface area contributed by atoms with E-state index in [1.165, 1.54) is 11.1 Å². The van der Waals surface area contributed by atoms with Gasteiger partial charge in [-0.1, -0.05) is 72.7 Å². The van der Waals surface area contributed by atoms with Gasteiger partial charge in [0.25, 0.3) is 5.91 Å². The van der Waals surface area contributed by atoms with E-state index in [1.54, 1.807) is 6.92 Å². The minimum absolute atomic E-state index is 0.111. The molecule has 0 aliphatic rings. The third kappa shape index (κ3) is 4.02. The minimum atomic E-state index is -0.111. The lowest BCUT2D eigenvalue weighted by molar-refractivity contribution is 0.0950. The van der Waals surface area contributed by atoms with E-state index < -0.39 is 0 Å². The molecule has 4 nitrogen and oxygen atoms in total. The molecule has 0 bridgehead atoms. The predicted molar refractivity (Wildman–Crippen MR) is 102 cm³/mol. The van der Waals surface area contributed by atoms with Crippen LogP contribution in [-0.2, 0) is 6.42 Å². The SMILES string of the molecule is CCc1onc(C)c1C(=O)NCCC(c1ccccc1)c1ccccc1. The van der Waals surface area contributed by atoms with E-state index in [-0.39, 0.29) is 11.8 Å². The van der Waals surface area contributed by atoms with Crippen LogP contribution in [-0.4, -0.2) is 17.6 Å². The Hall–Kier alpha value is -2.88. The van der Waals surface area contributed by atoms with Gasteiger partial charge in [-0.25, -0.2) is 0 Å². The second kappa shape index (κ2) is 8.48. The molecule has 0 fully saturated rings. The van der Waals surface area contributed by atoms with Crippen LogP contribution in [0, 0.1) is 6.92 Å². The molecule has 0 unspecified atom stereocenters. The number of rotatable bonds is 7. The van der Waals surface area contributed by atoms with Gasteiger partial charge in [0.05, 0.1) is 5.69 Å². The highest BCUT2D eigenvalue weighted by Gasteiger charge is 2.20. The fraction of sp³-hybridized carbons (Fsp3) is 0.273. The number of nitrogens with zero attached hydrogens (tertiary/aromatic N) is 1. The maximum absolute atomic E-state index is 12.5. The fourth-order valence-electron chi connectivity index (χ4n) is 3.26. The number of aryl methyl sites for hydroxylation is 2. The standard InChI is InChI=1S/C22H24N2O2/c1-3-20-21(16(2)24-26-20)22(25)23-15-14-19(17-10-6-4-7-11-17)18-12-8-5-9-13-18/h4-13,19H,3,14-15H2,1-2H3,(H,23,25). The third-order valence-electron chi connectivity index (χ3n) is 4.60. The molecule has 0 aliphatic carbocycles. The van der Waals surface area contributed by atoms with Crippen molar-refractivity contribution < 1.29 is 9.32 Å². The number of amides is 1. The molecule has 0 saturated heterocycles. The van der Waals surface area contributed by atoms with Crippen LogP contribution >= 0.6 is 0 Å². The minimum Gasteiger partial charge on any atom is -0.360 e. The monoisotopic (exact) mass is 348 g/mol. The van der Waals surface area contributed by atoms with Crippen molar-refractivity contribution in [1.82, 2.24) is 10.5 Å². The molecule has 0 atom stereocenters. The Morgan fingerprint density at radius 1 is 1.04 bits per heavy atom. The Bertz CT molecular complexity index is 802. The fourth-order valence-corrected chi connectivity index (χ4v) is 3.26. The van der Waals surface area contributed by atoms with E-state index in [1.807, 2.05) is 19.1 Å². The first-order chi connectivity index (χ1) is 12.7. The molecule has 1 heterocycles. The third-order valence-corrected chi connectivity index (χ3v) is 4.60. The lowest BCUT2D eigenvalue weighted by Crippen LogP contribution is -2.27. The molecule has 4 heteroatoms. The van der Waals surface area contributed by atoms with E-state index in [2.05, 4.69) is 59.0 Å². The molecule has 1 aromatic heterocycles. The highest BCUT2D eigenvalue weighted by Crippen LogP contribution is 2.27. The van der Waals surface area contributed by atoms with Crippen molar-refractivity contribution in [2.45, 2.75) is 32.6 Å². The van der Waals surface area contributed by atoms with E-state index in [0.717, 1.165) is 6.42 Å². The van der Waals surface area contributed by atoms with Crippen LogP contribution in [0.4, 0.5) is 0 Å². The Balaban J connectivity index is 1.71. The number of carbonyl (C=O) groups is 1. The van der Waals surface area contributed by atoms with E-state index in [9.17, 15) is 4.79 Å². The van der Waals surface area contributed by atoms with Crippen molar-refractivity contribution in [1.29, 1.82) is 0 Å². The lowest BCUT2D eigenvalue weighted by atomic mass is 9.88. The van der Waals surface area contributed by atoms with Gasteiger partial charge in [0.1, 0.15) is 11.3 Å². The van der Waals surface area contributed by atoms with Crippen LogP contribution < -0.4 is 5.32 Å². The number of carbonyl (C=O) groups excluding carboxylic acids is 1. The first-order valence-electron chi connectivity index (χ1n) is 9.04. The highest BCUT2D eigenvalue weighted by atomic mass is 16.5. The van der Waals surface area contributed by atoms with Crippen molar-refractivity contribution in [2.24, 2.45) is 0 Å². The molecule has 3 rings (SSSR count). The molecule has 1 amide bonds. The number of aromatic nitrogens is 1. The summed E-state index contributed by atoms with van der Waals surface area (Å²) < 4.78 is 5.22. The predicted octanol–water partition coefficient (Wildman–Crippen LogP) is 4.50. The van der Waals surface area contributed by atoms with Crippen LogP contribution in [0.2, 0.25) is 0 Å². The van der Waals surface area contributed by atoms with Gasteiger partial charge < -0.3 is 9.84 Å². The average Bonchev–Trinajstić information content (AvgIpc) is 3.07. The summed E-state index contributed by atoms with van der Waals surface area (Å²) in [5.74, 6) is 0.773. The summed E-state index contributed by atoms with van der Waals surface area (Å²) in [6, 6.07) is 20.8. The maximum atomic E-state index is 12.5. The summed E-state index contributed by atoms with van der Waals surface area (Å²) >= 11 is 0. The van der Waals surface area contributed by atoms with Crippen LogP contribution in [0.25, 0.3) is 0 Å². The van der Waals surface area contributed by atoms with Crippen molar-refractivity contribution in [3.8, 4) is 0 Å². The normalized spacial score (nSPS) is 10.9. The molecule has 0 spiro atoms. The van der Waals surface area contributed by atoms with Crippen LogP contribution in [0.1, 0.15) is 52.2 Å². The number of benzene rings is 2. The smallest absolute Gasteiger partial charge is 0.256 e. The molecule has 0 aliphatic heterocycles. The number of hydrogen-bond acceptors (Lipinski definition) is 3. The second-order valence-electron chi connectivity index (χ2n) is 6.34. The van der Waals surface area contributed by atoms with Gasteiger partial charge in [0.2, 0.25) is 0 Å². The summed E-state index contributed by atoms with van der Waals surface area (Å²) in [4.78, 5) is 12.5. The van der Waals surface area contributed by atoms with Crippen LogP contribution in [0.3, 0.4) is 0 Å². The van der Waals surface area contributed by atoms with E-state index in [4.69, 9.17) is 4.52 Å². The van der Waals surface area contributed by atoms with Crippen molar-refractivity contribution in [3.63, 3.8) is 0 Å². The molecule has 3 aromatic rings. The molecule has 1 N–H and O–H groups in total. The Kier molecular flexibility index (Phi) is 5.84. The van der Waals surface area contributed by atoms with E-state index >= 15 is 0 Å². The Labute approximate surface area is 154 Å². The zero-order chi connectivity index (χ0) is 18.4. The van der Waals surface area contributed by atoms with Crippen molar-refractivity contribution >= 4 is 5.91 Å². The zero-order valence-electron chi connectivity index (χ0n) is 15.2. The van der Waals surface area contributed by atoms with Crippen molar-refractivity contribution in [3.05, 3.63) is 88.8 Å². The maximum Gasteiger partial charge on any atom is 0.256 e. The van der Waals surface area contributed by atoms with Crippen LogP contribution in [0.5, 0.6) is 0 Å². The quantitative estimate of drug-likeness (QED) is 0.684. The molecular weight excluding hydrogens is 324 g/mol. The van der Waals surface area contributed by atoms with Gasteiger partial charge >= 0.3 is 0 Å². The Morgan fingerprint density at radius 3 is 2.15 bits per heavy atom. The van der Waals surface area contributed by atoms with Gasteiger partial charge in [-0.15, -0.1) is 0 Å². The summed E-state index contributed by atoms with van der Waals surface area (Å²) in [6.45, 7) is 4.34. The van der Waals surface area contributed by atoms with Crippen LogP contribution in [0.15, 0.2) is 65.2 Å². The highest BCUT2D eigenvalue weighted by molar-refractivity contribution is 5.96. The molecular formula is C22H24N2O2. The molecule has 0 saturated carbocycles. The number of nitrogens with one attached hydrogen (secondary N) is 1.